The Bertz CT molecular complexity index is 257. The maximum atomic E-state index is 2.89. The first-order valence-corrected chi connectivity index (χ1v) is 9.69. The predicted octanol–water partition coefficient (Wildman–Crippen LogP) is 6.53. The van der Waals surface area contributed by atoms with Gasteiger partial charge in [0.05, 0.1) is 0 Å². The van der Waals surface area contributed by atoms with Crippen LogP contribution in [0.2, 0.25) is 0 Å². The average molecular weight is 497 g/mol. The molecule has 0 unspecified atom stereocenters. The fourth-order valence-corrected chi connectivity index (χ4v) is 1.75. The number of rotatable bonds is 0. The van der Waals surface area contributed by atoms with E-state index in [1.807, 2.05) is 30.3 Å². The number of benzene rings is 1. The van der Waals surface area contributed by atoms with Crippen molar-refractivity contribution in [3.63, 3.8) is 0 Å². The minimum Gasteiger partial charge on any atom is -0.693 e. The van der Waals surface area contributed by atoms with Gasteiger partial charge in [0.15, 0.2) is 0 Å². The molecule has 1 fully saturated rings. The van der Waals surface area contributed by atoms with E-state index in [0.717, 1.165) is 0 Å². The molecule has 3 heteroatoms. The van der Waals surface area contributed by atoms with E-state index in [1.165, 1.54) is 29.6 Å². The summed E-state index contributed by atoms with van der Waals surface area (Å²) in [5.41, 5.74) is 0. The Labute approximate surface area is 154 Å². The molecule has 0 heterocycles. The zero-order valence-corrected chi connectivity index (χ0v) is 18.5. The Morgan fingerprint density at radius 2 is 0.864 bits per heavy atom. The third-order valence-corrected chi connectivity index (χ3v) is 3.42. The molecule has 0 saturated heterocycles. The van der Waals surface area contributed by atoms with Crippen molar-refractivity contribution in [1.82, 2.24) is 0 Å². The molecule has 0 atom stereocenters. The Kier molecular flexibility index (Phi) is 18.3. The zero-order valence-electron chi connectivity index (χ0n) is 15.2. The maximum absolute atomic E-state index is 2.89. The third-order valence-electron chi connectivity index (χ3n) is 3.42. The van der Waals surface area contributed by atoms with E-state index in [9.17, 15) is 0 Å². The van der Waals surface area contributed by atoms with E-state index in [-0.39, 0.29) is 26.3 Å². The predicted molar refractivity (Wildman–Crippen MR) is 99.8 cm³/mol. The average Bonchev–Trinajstić information content (AvgIpc) is 2.59. The monoisotopic (exact) mass is 497 g/mol. The van der Waals surface area contributed by atoms with Gasteiger partial charge in [-0.2, -0.15) is 36.4 Å². The largest absolute Gasteiger partial charge is 3.00 e. The van der Waals surface area contributed by atoms with Crippen molar-refractivity contribution in [3.8, 4) is 0 Å². The molecular formula is C19H31IrNP+. The van der Waals surface area contributed by atoms with Gasteiger partial charge in [-0.05, 0) is 49.6 Å². The summed E-state index contributed by atoms with van der Waals surface area (Å²) in [7, 11) is 0.380. The second-order valence-corrected chi connectivity index (χ2v) is 8.23. The Hall–Kier alpha value is 0.259. The molecule has 1 nitrogen and oxygen atoms in total. The summed E-state index contributed by atoms with van der Waals surface area (Å²) in [5.74, 6) is 7.34. The van der Waals surface area contributed by atoms with Crippen LogP contribution >= 0.6 is 7.92 Å². The van der Waals surface area contributed by atoms with Gasteiger partial charge in [-0.3, -0.25) is 0 Å². The van der Waals surface area contributed by atoms with Crippen LogP contribution in [-0.2, 0) is 20.1 Å². The van der Waals surface area contributed by atoms with Gasteiger partial charge in [-0.15, -0.1) is 7.92 Å². The van der Waals surface area contributed by atoms with Gasteiger partial charge in [-0.25, -0.2) is 0 Å². The Balaban J connectivity index is -0.000000261. The molecule has 1 aromatic carbocycles. The van der Waals surface area contributed by atoms with Crippen molar-refractivity contribution in [1.29, 1.82) is 0 Å². The minimum atomic E-state index is 0. The fourth-order valence-electron chi connectivity index (χ4n) is 1.75. The van der Waals surface area contributed by atoms with Crippen LogP contribution in [0.25, 0.3) is 6.15 Å². The first-order valence-electron chi connectivity index (χ1n) is 7.00. The van der Waals surface area contributed by atoms with Crippen molar-refractivity contribution < 1.29 is 20.1 Å². The van der Waals surface area contributed by atoms with Gasteiger partial charge in [0.2, 0.25) is 0 Å². The molecule has 1 saturated carbocycles. The first-order chi connectivity index (χ1) is 9.29. The van der Waals surface area contributed by atoms with Crippen LogP contribution in [0.5, 0.6) is 0 Å². The van der Waals surface area contributed by atoms with Gasteiger partial charge in [0.1, 0.15) is 0 Å². The molecule has 22 heavy (non-hydrogen) atoms. The number of nitrogens with two attached hydrogens (primary N) is 1. The van der Waals surface area contributed by atoms with E-state index >= 15 is 0 Å². The van der Waals surface area contributed by atoms with Crippen LogP contribution < -0.4 is 0 Å². The van der Waals surface area contributed by atoms with Crippen LogP contribution in [0.1, 0.15) is 34.6 Å². The summed E-state index contributed by atoms with van der Waals surface area (Å²) in [5, 5.41) is 0. The molecule has 0 bridgehead atoms. The summed E-state index contributed by atoms with van der Waals surface area (Å²) in [6, 6.07) is 12.5. The summed E-state index contributed by atoms with van der Waals surface area (Å²) < 4.78 is 0. The van der Waals surface area contributed by atoms with Gasteiger partial charge < -0.3 is 6.15 Å². The SMILES string of the molecule is CP(C)C.C[C]1[C](C)[C](C)[C](C)[C]1C.[Ir+3].[NH2-].[c-]1ccccc1. The first kappa shape index (κ1) is 27.1. The minimum absolute atomic E-state index is 0. The summed E-state index contributed by atoms with van der Waals surface area (Å²) in [6.07, 6.45) is 0. The van der Waals surface area contributed by atoms with Gasteiger partial charge >= 0.3 is 20.1 Å². The third kappa shape index (κ3) is 10.9. The van der Waals surface area contributed by atoms with Crippen molar-refractivity contribution in [2.75, 3.05) is 20.0 Å². The molecule has 0 amide bonds. The van der Waals surface area contributed by atoms with E-state index in [2.05, 4.69) is 60.7 Å². The zero-order chi connectivity index (χ0) is 15.7. The molecule has 0 aromatic heterocycles. The van der Waals surface area contributed by atoms with E-state index in [0.29, 0.717) is 7.92 Å². The fraction of sp³-hybridized carbons (Fsp3) is 0.421. The van der Waals surface area contributed by atoms with Gasteiger partial charge in [0, 0.05) is 0 Å². The summed E-state index contributed by atoms with van der Waals surface area (Å²) in [6.45, 7) is 17.7. The second kappa shape index (κ2) is 14.8. The molecule has 1 aliphatic rings. The molecule has 125 valence electrons. The van der Waals surface area contributed by atoms with E-state index in [4.69, 9.17) is 0 Å². The van der Waals surface area contributed by atoms with Crippen LogP contribution in [0.4, 0.5) is 0 Å². The van der Waals surface area contributed by atoms with Crippen LogP contribution in [0.15, 0.2) is 30.3 Å². The van der Waals surface area contributed by atoms with Crippen molar-refractivity contribution in [2.45, 2.75) is 34.6 Å². The molecule has 2 rings (SSSR count). The van der Waals surface area contributed by atoms with E-state index < -0.39 is 0 Å². The molecule has 5 radical (unpaired) electrons. The molecule has 0 spiro atoms. The molecule has 1 aromatic rings. The van der Waals surface area contributed by atoms with Crippen LogP contribution in [0.3, 0.4) is 0 Å². The smallest absolute Gasteiger partial charge is 0.693 e. The van der Waals surface area contributed by atoms with E-state index in [1.54, 1.807) is 0 Å². The van der Waals surface area contributed by atoms with Crippen molar-refractivity contribution in [2.24, 2.45) is 0 Å². The summed E-state index contributed by atoms with van der Waals surface area (Å²) in [4.78, 5) is 0. The van der Waals surface area contributed by atoms with Crippen molar-refractivity contribution in [3.05, 3.63) is 72.1 Å². The molecule has 1 aliphatic carbocycles. The Morgan fingerprint density at radius 3 is 0.955 bits per heavy atom. The van der Waals surface area contributed by atoms with Crippen LogP contribution in [0, 0.1) is 35.7 Å². The standard InChI is InChI=1S/C10H15.C6H5.C3H9P.Ir.H2N/c1-6-7(2)9(4)10(5)8(6)3;1-2-4-6-5-3-1;1-4(2)3;;/h1-5H3;1-5H;1-3H3;;1H2/q;-1;;+3;-1. The molecule has 0 aliphatic heterocycles. The molecule has 2 N–H and O–H groups in total. The Morgan fingerprint density at radius 1 is 0.636 bits per heavy atom. The molecular weight excluding hydrogens is 465 g/mol. The topological polar surface area (TPSA) is 33.5 Å². The van der Waals surface area contributed by atoms with Crippen molar-refractivity contribution >= 4 is 7.92 Å². The van der Waals surface area contributed by atoms with Gasteiger partial charge in [-0.1, -0.05) is 34.6 Å². The van der Waals surface area contributed by atoms with Crippen LogP contribution in [-0.4, -0.2) is 20.0 Å². The number of hydrogen-bond donors (Lipinski definition) is 0. The van der Waals surface area contributed by atoms with Gasteiger partial charge in [0.25, 0.3) is 0 Å². The quantitative estimate of drug-likeness (QED) is 0.289. The summed E-state index contributed by atoms with van der Waals surface area (Å²) >= 11 is 0. The maximum Gasteiger partial charge on any atom is 3.00 e. The second-order valence-electron chi connectivity index (χ2n) is 5.54. The normalized spacial score (nSPS) is 16.8. The number of hydrogen-bond acceptors (Lipinski definition) is 0.